The molecular formula is C15H21NO4S. The number of nitrogens with two attached hydrogens (primary N) is 1. The summed E-state index contributed by atoms with van der Waals surface area (Å²) in [6.07, 6.45) is -0.0370. The first-order valence-electron chi connectivity index (χ1n) is 6.83. The summed E-state index contributed by atoms with van der Waals surface area (Å²) in [6.45, 7) is 5.94. The van der Waals surface area contributed by atoms with Gasteiger partial charge in [-0.15, -0.1) is 11.8 Å². The Kier molecular flexibility index (Phi) is 7.08. The monoisotopic (exact) mass is 311 g/mol. The molecule has 1 unspecified atom stereocenters. The van der Waals surface area contributed by atoms with Gasteiger partial charge in [0.2, 0.25) is 0 Å². The maximum absolute atomic E-state index is 12.0. The van der Waals surface area contributed by atoms with Gasteiger partial charge in [0, 0.05) is 10.6 Å². The van der Waals surface area contributed by atoms with Gasteiger partial charge in [-0.1, -0.05) is 6.07 Å². The molecule has 0 saturated carbocycles. The molecule has 0 aliphatic heterocycles. The fraction of sp³-hybridized carbons (Fsp3) is 0.467. The largest absolute Gasteiger partial charge is 0.466 e. The average Bonchev–Trinajstić information content (AvgIpc) is 2.42. The Labute approximate surface area is 129 Å². The summed E-state index contributed by atoms with van der Waals surface area (Å²) in [4.78, 5) is 24.4. The van der Waals surface area contributed by atoms with Crippen LogP contribution < -0.4 is 5.73 Å². The van der Waals surface area contributed by atoms with E-state index in [4.69, 9.17) is 15.2 Å². The Balaban J connectivity index is 2.87. The van der Waals surface area contributed by atoms with Gasteiger partial charge < -0.3 is 15.2 Å². The summed E-state index contributed by atoms with van der Waals surface area (Å²) in [5, 5.41) is -0.659. The number of hydrogen-bond donors (Lipinski definition) is 1. The van der Waals surface area contributed by atoms with Crippen LogP contribution in [0, 0.1) is 6.92 Å². The Morgan fingerprint density at radius 1 is 1.24 bits per heavy atom. The zero-order valence-electron chi connectivity index (χ0n) is 12.5. The normalized spacial score (nSPS) is 11.8. The standard InChI is InChI=1S/C15H21NO4S/c1-4-19-14(17)9-13(15(18)20-5-2)21-12-8-10(3)6-7-11(12)16/h6-8,13H,4-5,9,16H2,1-3H3. The van der Waals surface area contributed by atoms with E-state index in [1.165, 1.54) is 11.8 Å². The van der Waals surface area contributed by atoms with Gasteiger partial charge in [-0.25, -0.2) is 0 Å². The van der Waals surface area contributed by atoms with Crippen LogP contribution in [0.25, 0.3) is 0 Å². The molecule has 0 bridgehead atoms. The van der Waals surface area contributed by atoms with Crippen LogP contribution >= 0.6 is 11.8 Å². The molecule has 1 aromatic rings. The molecule has 0 fully saturated rings. The van der Waals surface area contributed by atoms with E-state index in [2.05, 4.69) is 0 Å². The van der Waals surface area contributed by atoms with Crippen molar-refractivity contribution in [2.75, 3.05) is 18.9 Å². The summed E-state index contributed by atoms with van der Waals surface area (Å²) < 4.78 is 9.92. The summed E-state index contributed by atoms with van der Waals surface area (Å²) in [7, 11) is 0. The van der Waals surface area contributed by atoms with E-state index in [0.717, 1.165) is 10.5 Å². The van der Waals surface area contributed by atoms with Crippen molar-refractivity contribution in [2.45, 2.75) is 37.3 Å². The molecule has 21 heavy (non-hydrogen) atoms. The Morgan fingerprint density at radius 2 is 1.90 bits per heavy atom. The molecule has 1 aromatic carbocycles. The smallest absolute Gasteiger partial charge is 0.320 e. The SMILES string of the molecule is CCOC(=O)CC(Sc1cc(C)ccc1N)C(=O)OCC. The van der Waals surface area contributed by atoms with Crippen molar-refractivity contribution in [3.8, 4) is 0 Å². The van der Waals surface area contributed by atoms with Crippen LogP contribution in [0.15, 0.2) is 23.1 Å². The fourth-order valence-corrected chi connectivity index (χ4v) is 2.82. The number of rotatable bonds is 7. The Bertz CT molecular complexity index is 504. The highest BCUT2D eigenvalue weighted by atomic mass is 32.2. The van der Waals surface area contributed by atoms with Gasteiger partial charge in [-0.05, 0) is 38.5 Å². The van der Waals surface area contributed by atoms with Crippen molar-refractivity contribution in [3.05, 3.63) is 23.8 Å². The lowest BCUT2D eigenvalue weighted by Gasteiger charge is -2.16. The molecular weight excluding hydrogens is 290 g/mol. The molecule has 0 saturated heterocycles. The number of benzene rings is 1. The van der Waals surface area contributed by atoms with Gasteiger partial charge in [0.1, 0.15) is 5.25 Å². The third-order valence-electron chi connectivity index (χ3n) is 2.65. The van der Waals surface area contributed by atoms with Crippen molar-refractivity contribution in [3.63, 3.8) is 0 Å². The molecule has 1 rings (SSSR count). The number of hydrogen-bond acceptors (Lipinski definition) is 6. The molecule has 6 heteroatoms. The van der Waals surface area contributed by atoms with Crippen LogP contribution in [-0.4, -0.2) is 30.4 Å². The number of anilines is 1. The highest BCUT2D eigenvalue weighted by molar-refractivity contribution is 8.00. The Morgan fingerprint density at radius 3 is 2.52 bits per heavy atom. The molecule has 116 valence electrons. The number of carbonyl (C=O) groups excluding carboxylic acids is 2. The van der Waals surface area contributed by atoms with E-state index >= 15 is 0 Å². The van der Waals surface area contributed by atoms with Crippen LogP contribution in [0.2, 0.25) is 0 Å². The van der Waals surface area contributed by atoms with Crippen molar-refractivity contribution < 1.29 is 19.1 Å². The van der Waals surface area contributed by atoms with Crippen LogP contribution in [0.1, 0.15) is 25.8 Å². The first kappa shape index (κ1) is 17.4. The van der Waals surface area contributed by atoms with Crippen LogP contribution in [0.3, 0.4) is 0 Å². The number of carbonyl (C=O) groups is 2. The number of thioether (sulfide) groups is 1. The van der Waals surface area contributed by atoms with Crippen molar-refractivity contribution >= 4 is 29.4 Å². The van der Waals surface area contributed by atoms with Gasteiger partial charge in [-0.2, -0.15) is 0 Å². The molecule has 5 nitrogen and oxygen atoms in total. The molecule has 0 amide bonds. The van der Waals surface area contributed by atoms with Crippen LogP contribution in [0.5, 0.6) is 0 Å². The first-order valence-corrected chi connectivity index (χ1v) is 7.70. The summed E-state index contributed by atoms with van der Waals surface area (Å²) in [5.74, 6) is -0.856. The van der Waals surface area contributed by atoms with Gasteiger partial charge in [0.05, 0.1) is 19.6 Å². The second kappa shape index (κ2) is 8.56. The van der Waals surface area contributed by atoms with E-state index in [1.54, 1.807) is 19.9 Å². The third-order valence-corrected chi connectivity index (χ3v) is 3.90. The molecule has 0 aliphatic rings. The van der Waals surface area contributed by atoms with Gasteiger partial charge in [0.15, 0.2) is 0 Å². The fourth-order valence-electron chi connectivity index (χ4n) is 1.68. The highest BCUT2D eigenvalue weighted by Crippen LogP contribution is 2.32. The predicted molar refractivity (Wildman–Crippen MR) is 83.1 cm³/mol. The minimum atomic E-state index is -0.659. The topological polar surface area (TPSA) is 78.6 Å². The van der Waals surface area contributed by atoms with Crippen molar-refractivity contribution in [1.82, 2.24) is 0 Å². The van der Waals surface area contributed by atoms with Gasteiger partial charge in [-0.3, -0.25) is 9.59 Å². The number of esters is 2. The molecule has 0 spiro atoms. The molecule has 0 aromatic heterocycles. The third kappa shape index (κ3) is 5.67. The zero-order chi connectivity index (χ0) is 15.8. The molecule has 0 heterocycles. The summed E-state index contributed by atoms with van der Waals surface area (Å²) in [6, 6.07) is 5.56. The van der Waals surface area contributed by atoms with E-state index in [9.17, 15) is 9.59 Å². The zero-order valence-corrected chi connectivity index (χ0v) is 13.4. The van der Waals surface area contributed by atoms with E-state index in [0.29, 0.717) is 5.69 Å². The lowest BCUT2D eigenvalue weighted by molar-refractivity contribution is -0.149. The molecule has 1 atom stereocenters. The lowest BCUT2D eigenvalue weighted by Crippen LogP contribution is -2.24. The number of nitrogen functional groups attached to an aromatic ring is 1. The van der Waals surface area contributed by atoms with Crippen LogP contribution in [-0.2, 0) is 19.1 Å². The Hall–Kier alpha value is -1.69. The van der Waals surface area contributed by atoms with Crippen molar-refractivity contribution in [1.29, 1.82) is 0 Å². The van der Waals surface area contributed by atoms with E-state index in [-0.39, 0.29) is 19.6 Å². The molecule has 0 radical (unpaired) electrons. The summed E-state index contributed by atoms with van der Waals surface area (Å²) in [5.41, 5.74) is 7.52. The minimum Gasteiger partial charge on any atom is -0.466 e. The lowest BCUT2D eigenvalue weighted by atomic mass is 10.2. The van der Waals surface area contributed by atoms with Gasteiger partial charge >= 0.3 is 11.9 Å². The van der Waals surface area contributed by atoms with Gasteiger partial charge in [0.25, 0.3) is 0 Å². The van der Waals surface area contributed by atoms with Crippen molar-refractivity contribution in [2.24, 2.45) is 0 Å². The molecule has 0 aliphatic carbocycles. The van der Waals surface area contributed by atoms with E-state index in [1.807, 2.05) is 19.1 Å². The average molecular weight is 311 g/mol. The minimum absolute atomic E-state index is 0.0370. The number of ether oxygens (including phenoxy) is 2. The first-order chi connectivity index (χ1) is 9.97. The maximum Gasteiger partial charge on any atom is 0.320 e. The molecule has 2 N–H and O–H groups in total. The second-order valence-electron chi connectivity index (χ2n) is 4.41. The van der Waals surface area contributed by atoms with E-state index < -0.39 is 17.2 Å². The quantitative estimate of drug-likeness (QED) is 0.473. The number of aryl methyl sites for hydroxylation is 1. The highest BCUT2D eigenvalue weighted by Gasteiger charge is 2.26. The van der Waals surface area contributed by atoms with Crippen LogP contribution in [0.4, 0.5) is 5.69 Å². The maximum atomic E-state index is 12.0. The summed E-state index contributed by atoms with van der Waals surface area (Å²) >= 11 is 1.23. The predicted octanol–water partition coefficient (Wildman–Crippen LogP) is 2.55. The second-order valence-corrected chi connectivity index (χ2v) is 5.65.